The van der Waals surface area contributed by atoms with E-state index in [1.54, 1.807) is 18.2 Å². The lowest BCUT2D eigenvalue weighted by Gasteiger charge is -2.13. The number of ether oxygens (including phenoxy) is 4. The van der Waals surface area contributed by atoms with E-state index in [9.17, 15) is 9.18 Å². The minimum atomic E-state index is -0.477. The molecule has 0 spiro atoms. The van der Waals surface area contributed by atoms with E-state index in [2.05, 4.69) is 0 Å². The Labute approximate surface area is 150 Å². The Kier molecular flexibility index (Phi) is 5.11. The van der Waals surface area contributed by atoms with Gasteiger partial charge >= 0.3 is 0 Å². The van der Waals surface area contributed by atoms with Gasteiger partial charge in [-0.1, -0.05) is 0 Å². The number of rotatable bonds is 4. The molecule has 0 radical (unpaired) electrons. The van der Waals surface area contributed by atoms with E-state index in [-0.39, 0.29) is 11.3 Å². The number of carbonyl (C=O) groups is 1. The van der Waals surface area contributed by atoms with Crippen molar-refractivity contribution in [3.05, 3.63) is 52.8 Å². The van der Waals surface area contributed by atoms with Gasteiger partial charge in [-0.2, -0.15) is 0 Å². The van der Waals surface area contributed by atoms with E-state index >= 15 is 0 Å². The first kappa shape index (κ1) is 17.8. The maximum atomic E-state index is 13.6. The smallest absolute Gasteiger partial charge is 0.203 e. The molecule has 0 fully saturated rings. The summed E-state index contributed by atoms with van der Waals surface area (Å²) in [6.07, 6.45) is 2.14. The minimum absolute atomic E-state index is 0.223. The monoisotopic (exact) mass is 358 g/mol. The molecule has 0 amide bonds. The molecule has 2 aromatic carbocycles. The lowest BCUT2D eigenvalue weighted by Crippen LogP contribution is -2.03. The van der Waals surface area contributed by atoms with Crippen LogP contribution in [0.25, 0.3) is 6.08 Å². The number of carbonyl (C=O) groups excluding carboxylic acids is 1. The SMILES string of the molecule is COc1cc(C=C2CCOc3ccc(F)cc3C2=O)cc(OC)c1OC. The Bertz CT molecular complexity index is 847. The van der Waals surface area contributed by atoms with Crippen molar-refractivity contribution in [2.45, 2.75) is 6.42 Å². The Morgan fingerprint density at radius 3 is 2.35 bits per heavy atom. The zero-order chi connectivity index (χ0) is 18.7. The first-order valence-electron chi connectivity index (χ1n) is 8.05. The second-order valence-electron chi connectivity index (χ2n) is 5.70. The van der Waals surface area contributed by atoms with E-state index in [4.69, 9.17) is 18.9 Å². The van der Waals surface area contributed by atoms with Crippen LogP contribution in [0.3, 0.4) is 0 Å². The van der Waals surface area contributed by atoms with Crippen LogP contribution in [0.5, 0.6) is 23.0 Å². The average molecular weight is 358 g/mol. The lowest BCUT2D eigenvalue weighted by atomic mass is 9.98. The van der Waals surface area contributed by atoms with Crippen molar-refractivity contribution in [3.8, 4) is 23.0 Å². The van der Waals surface area contributed by atoms with Gasteiger partial charge in [-0.25, -0.2) is 4.39 Å². The first-order chi connectivity index (χ1) is 12.6. The molecule has 5 nitrogen and oxygen atoms in total. The van der Waals surface area contributed by atoms with E-state index in [0.29, 0.717) is 47.2 Å². The molecular formula is C20H19FO5. The minimum Gasteiger partial charge on any atom is -0.493 e. The molecule has 0 saturated heterocycles. The van der Waals surface area contributed by atoms with E-state index in [1.807, 2.05) is 0 Å². The van der Waals surface area contributed by atoms with Gasteiger partial charge in [-0.3, -0.25) is 4.79 Å². The van der Waals surface area contributed by atoms with Gasteiger partial charge < -0.3 is 18.9 Å². The van der Waals surface area contributed by atoms with E-state index in [0.717, 1.165) is 0 Å². The Hall–Kier alpha value is -3.02. The molecule has 6 heteroatoms. The highest BCUT2D eigenvalue weighted by atomic mass is 19.1. The highest BCUT2D eigenvalue weighted by Crippen LogP contribution is 2.39. The third-order valence-corrected chi connectivity index (χ3v) is 4.13. The average Bonchev–Trinajstić information content (AvgIpc) is 2.80. The number of halogens is 1. The van der Waals surface area contributed by atoms with Crippen LogP contribution in [-0.4, -0.2) is 33.7 Å². The van der Waals surface area contributed by atoms with Crippen LogP contribution in [0.15, 0.2) is 35.9 Å². The highest BCUT2D eigenvalue weighted by molar-refractivity contribution is 6.13. The molecule has 0 N–H and O–H groups in total. The quantitative estimate of drug-likeness (QED) is 0.776. The van der Waals surface area contributed by atoms with Crippen molar-refractivity contribution in [1.82, 2.24) is 0 Å². The van der Waals surface area contributed by atoms with Gasteiger partial charge in [0.05, 0.1) is 33.5 Å². The van der Waals surface area contributed by atoms with Gasteiger partial charge in [-0.05, 0) is 42.0 Å². The van der Waals surface area contributed by atoms with Gasteiger partial charge in [0.2, 0.25) is 5.75 Å². The van der Waals surface area contributed by atoms with Crippen LogP contribution in [0.4, 0.5) is 4.39 Å². The molecule has 136 valence electrons. The molecule has 0 atom stereocenters. The molecule has 1 aliphatic heterocycles. The maximum Gasteiger partial charge on any atom is 0.203 e. The molecule has 0 unspecified atom stereocenters. The van der Waals surface area contributed by atoms with Crippen molar-refractivity contribution in [2.24, 2.45) is 0 Å². The Morgan fingerprint density at radius 1 is 1.04 bits per heavy atom. The summed E-state index contributed by atoms with van der Waals surface area (Å²) in [6, 6.07) is 7.46. The van der Waals surface area contributed by atoms with E-state index in [1.165, 1.54) is 39.5 Å². The standard InChI is InChI=1S/C20H19FO5/c1-23-17-9-12(10-18(24-2)20(17)25-3)8-13-6-7-26-16-5-4-14(21)11-15(16)19(13)22/h4-5,8-11H,6-7H2,1-3H3. The fourth-order valence-corrected chi connectivity index (χ4v) is 2.89. The normalized spacial score (nSPS) is 15.1. The molecule has 1 heterocycles. The molecular weight excluding hydrogens is 339 g/mol. The number of methoxy groups -OCH3 is 3. The number of Topliss-reactive ketones (excluding diaryl/α,β-unsaturated/α-hetero) is 1. The number of hydrogen-bond acceptors (Lipinski definition) is 5. The fraction of sp³-hybridized carbons (Fsp3) is 0.250. The number of hydrogen-bond donors (Lipinski definition) is 0. The Morgan fingerprint density at radius 2 is 1.73 bits per heavy atom. The maximum absolute atomic E-state index is 13.6. The third-order valence-electron chi connectivity index (χ3n) is 4.13. The van der Waals surface area contributed by atoms with Crippen molar-refractivity contribution in [3.63, 3.8) is 0 Å². The largest absolute Gasteiger partial charge is 0.493 e. The fourth-order valence-electron chi connectivity index (χ4n) is 2.89. The van der Waals surface area contributed by atoms with Crippen molar-refractivity contribution >= 4 is 11.9 Å². The lowest BCUT2D eigenvalue weighted by molar-refractivity contribution is 0.103. The summed E-state index contributed by atoms with van der Waals surface area (Å²) in [6.45, 7) is 0.334. The van der Waals surface area contributed by atoms with E-state index < -0.39 is 5.82 Å². The molecule has 26 heavy (non-hydrogen) atoms. The van der Waals surface area contributed by atoms with Crippen LogP contribution < -0.4 is 18.9 Å². The molecule has 3 rings (SSSR count). The predicted molar refractivity (Wildman–Crippen MR) is 94.9 cm³/mol. The van der Waals surface area contributed by atoms with Gasteiger partial charge in [-0.15, -0.1) is 0 Å². The summed E-state index contributed by atoms with van der Waals surface area (Å²) in [5.74, 6) is 1.11. The van der Waals surface area contributed by atoms with Crippen molar-refractivity contribution in [2.75, 3.05) is 27.9 Å². The summed E-state index contributed by atoms with van der Waals surface area (Å²) < 4.78 is 35.1. The predicted octanol–water partition coefficient (Wildman–Crippen LogP) is 3.90. The summed E-state index contributed by atoms with van der Waals surface area (Å²) in [4.78, 5) is 12.8. The molecule has 0 bridgehead atoms. The van der Waals surface area contributed by atoms with Crippen molar-refractivity contribution in [1.29, 1.82) is 0 Å². The van der Waals surface area contributed by atoms with Crippen LogP contribution in [0.1, 0.15) is 22.3 Å². The van der Waals surface area contributed by atoms with Gasteiger partial charge in [0.25, 0.3) is 0 Å². The molecule has 0 aliphatic carbocycles. The molecule has 0 aromatic heterocycles. The topological polar surface area (TPSA) is 54.0 Å². The molecule has 2 aromatic rings. The van der Waals surface area contributed by atoms with Gasteiger partial charge in [0.1, 0.15) is 11.6 Å². The third kappa shape index (κ3) is 3.35. The number of benzene rings is 2. The number of ketones is 1. The second-order valence-corrected chi connectivity index (χ2v) is 5.70. The highest BCUT2D eigenvalue weighted by Gasteiger charge is 2.22. The van der Waals surface area contributed by atoms with Crippen LogP contribution in [-0.2, 0) is 0 Å². The zero-order valence-electron chi connectivity index (χ0n) is 14.8. The number of fused-ring (bicyclic) bond motifs is 1. The first-order valence-corrected chi connectivity index (χ1v) is 8.05. The van der Waals surface area contributed by atoms with Gasteiger partial charge in [0.15, 0.2) is 17.3 Å². The summed E-state index contributed by atoms with van der Waals surface area (Å²) in [5.41, 5.74) is 1.45. The van der Waals surface area contributed by atoms with Crippen LogP contribution in [0, 0.1) is 5.82 Å². The summed E-state index contributed by atoms with van der Waals surface area (Å²) in [7, 11) is 4.58. The van der Waals surface area contributed by atoms with Crippen LogP contribution in [0.2, 0.25) is 0 Å². The summed E-state index contributed by atoms with van der Waals surface area (Å²) >= 11 is 0. The second kappa shape index (κ2) is 7.47. The van der Waals surface area contributed by atoms with Gasteiger partial charge in [0, 0.05) is 12.0 Å². The molecule has 1 aliphatic rings. The summed E-state index contributed by atoms with van der Waals surface area (Å²) in [5, 5.41) is 0. The zero-order valence-corrected chi connectivity index (χ0v) is 14.8. The molecule has 0 saturated carbocycles. The Balaban J connectivity index is 2.05. The van der Waals surface area contributed by atoms with Crippen molar-refractivity contribution < 1.29 is 28.1 Å². The van der Waals surface area contributed by atoms with Crippen LogP contribution >= 0.6 is 0 Å².